The van der Waals surface area contributed by atoms with Crippen LogP contribution in [-0.2, 0) is 4.74 Å². The Morgan fingerprint density at radius 2 is 2.00 bits per heavy atom. The molecule has 0 spiro atoms. The molecule has 2 heterocycles. The highest BCUT2D eigenvalue weighted by Gasteiger charge is 2.23. The molecule has 0 unspecified atom stereocenters. The van der Waals surface area contributed by atoms with Crippen molar-refractivity contribution in [3.63, 3.8) is 0 Å². The van der Waals surface area contributed by atoms with Gasteiger partial charge in [0.15, 0.2) is 28.8 Å². The number of halogens is 3. The van der Waals surface area contributed by atoms with Gasteiger partial charge in [-0.05, 0) is 31.2 Å². The molecule has 0 bridgehead atoms. The molecule has 0 amide bonds. The van der Waals surface area contributed by atoms with Gasteiger partial charge in [0.05, 0.1) is 12.0 Å². The van der Waals surface area contributed by atoms with Crippen LogP contribution in [0.2, 0.25) is 0 Å². The van der Waals surface area contributed by atoms with Gasteiger partial charge in [-0.15, -0.1) is 0 Å². The summed E-state index contributed by atoms with van der Waals surface area (Å²) in [5, 5.41) is 4.28. The van der Waals surface area contributed by atoms with Gasteiger partial charge in [0.25, 0.3) is 0 Å². The number of esters is 1. The predicted molar refractivity (Wildman–Crippen MR) is 74.7 cm³/mol. The minimum Gasteiger partial charge on any atom is -0.461 e. The average molecular weight is 321 g/mol. The summed E-state index contributed by atoms with van der Waals surface area (Å²) in [5.41, 5.74) is -0.317. The van der Waals surface area contributed by atoms with Crippen LogP contribution in [0.15, 0.2) is 30.5 Å². The monoisotopic (exact) mass is 321 g/mol. The summed E-state index contributed by atoms with van der Waals surface area (Å²) < 4.78 is 46.4. The van der Waals surface area contributed by atoms with E-state index in [0.29, 0.717) is 5.39 Å². The van der Waals surface area contributed by atoms with E-state index in [4.69, 9.17) is 4.74 Å². The molecule has 0 atom stereocenters. The third-order valence-electron chi connectivity index (χ3n) is 3.15. The Hall–Kier alpha value is -2.90. The van der Waals surface area contributed by atoms with Crippen LogP contribution in [0.25, 0.3) is 16.7 Å². The molecule has 0 aliphatic rings. The molecule has 3 aromatic rings. The quantitative estimate of drug-likeness (QED) is 0.550. The highest BCUT2D eigenvalue weighted by molar-refractivity contribution is 6.01. The van der Waals surface area contributed by atoms with Crippen molar-refractivity contribution in [2.75, 3.05) is 6.61 Å². The first-order valence-corrected chi connectivity index (χ1v) is 6.69. The molecule has 8 heteroatoms. The Morgan fingerprint density at radius 3 is 2.74 bits per heavy atom. The summed E-state index contributed by atoms with van der Waals surface area (Å²) in [6.07, 6.45) is 1.41. The molecule has 0 aliphatic carbocycles. The van der Waals surface area contributed by atoms with Gasteiger partial charge >= 0.3 is 5.97 Å². The van der Waals surface area contributed by atoms with Gasteiger partial charge in [0.1, 0.15) is 5.69 Å². The van der Waals surface area contributed by atoms with E-state index >= 15 is 0 Å². The molecule has 0 radical (unpaired) electrons. The van der Waals surface area contributed by atoms with Crippen LogP contribution in [0.4, 0.5) is 13.2 Å². The van der Waals surface area contributed by atoms with Gasteiger partial charge in [-0.1, -0.05) is 0 Å². The molecule has 0 saturated carbocycles. The lowest BCUT2D eigenvalue weighted by molar-refractivity contribution is 0.0521. The Morgan fingerprint density at radius 1 is 1.22 bits per heavy atom. The van der Waals surface area contributed by atoms with E-state index in [1.807, 2.05) is 0 Å². The number of fused-ring (bicyclic) bond motifs is 1. The van der Waals surface area contributed by atoms with Gasteiger partial charge in [0.2, 0.25) is 0 Å². The summed E-state index contributed by atoms with van der Waals surface area (Å²) in [6, 6.07) is 4.91. The van der Waals surface area contributed by atoms with Crippen LogP contribution < -0.4 is 0 Å². The minimum atomic E-state index is -1.63. The Bertz CT molecular complexity index is 908. The fourth-order valence-electron chi connectivity index (χ4n) is 2.15. The topological polar surface area (TPSA) is 57.0 Å². The van der Waals surface area contributed by atoms with Crippen molar-refractivity contribution in [3.05, 3.63) is 53.6 Å². The second-order valence-corrected chi connectivity index (χ2v) is 4.55. The van der Waals surface area contributed by atoms with Crippen molar-refractivity contribution in [2.45, 2.75) is 6.92 Å². The van der Waals surface area contributed by atoms with Crippen molar-refractivity contribution in [2.24, 2.45) is 0 Å². The number of carbonyl (C=O) groups is 1. The molecule has 0 aliphatic heterocycles. The molecular weight excluding hydrogens is 311 g/mol. The first kappa shape index (κ1) is 15.0. The maximum absolute atomic E-state index is 14.0. The van der Waals surface area contributed by atoms with Gasteiger partial charge in [-0.3, -0.25) is 0 Å². The molecule has 0 N–H and O–H groups in total. The van der Waals surface area contributed by atoms with E-state index < -0.39 is 23.4 Å². The van der Waals surface area contributed by atoms with E-state index in [1.54, 1.807) is 19.1 Å². The van der Waals surface area contributed by atoms with Gasteiger partial charge in [-0.25, -0.2) is 27.6 Å². The maximum Gasteiger partial charge on any atom is 0.359 e. The Kier molecular flexibility index (Phi) is 3.73. The third-order valence-corrected chi connectivity index (χ3v) is 3.15. The van der Waals surface area contributed by atoms with E-state index in [0.717, 1.165) is 16.8 Å². The fraction of sp³-hybridized carbons (Fsp3) is 0.133. The van der Waals surface area contributed by atoms with Gasteiger partial charge in [-0.2, -0.15) is 5.10 Å². The van der Waals surface area contributed by atoms with Gasteiger partial charge in [0, 0.05) is 6.20 Å². The van der Waals surface area contributed by atoms with Crippen LogP contribution in [0.5, 0.6) is 0 Å². The van der Waals surface area contributed by atoms with Crippen LogP contribution in [0.3, 0.4) is 0 Å². The zero-order valence-corrected chi connectivity index (χ0v) is 11.9. The smallest absolute Gasteiger partial charge is 0.359 e. The molecule has 0 fully saturated rings. The number of carbonyl (C=O) groups excluding carboxylic acids is 1. The molecule has 5 nitrogen and oxygen atoms in total. The summed E-state index contributed by atoms with van der Waals surface area (Å²) in [7, 11) is 0. The normalized spacial score (nSPS) is 11.0. The van der Waals surface area contributed by atoms with Crippen molar-refractivity contribution < 1.29 is 22.7 Å². The predicted octanol–water partition coefficient (Wildman–Crippen LogP) is 3.01. The number of rotatable bonds is 3. The standard InChI is InChI=1S/C15H10F3N3O2/c1-2-23-15(22)13-8-4-3-7-19-14(8)21(20-13)10-6-5-9(16)11(17)12(10)18/h3-7H,2H2,1H3. The lowest BCUT2D eigenvalue weighted by atomic mass is 10.2. The molecular formula is C15H10F3N3O2. The fourth-order valence-corrected chi connectivity index (χ4v) is 2.15. The summed E-state index contributed by atoms with van der Waals surface area (Å²) >= 11 is 0. The zero-order valence-electron chi connectivity index (χ0n) is 11.9. The summed E-state index contributed by atoms with van der Waals surface area (Å²) in [6.45, 7) is 1.76. The Labute approximate surface area is 128 Å². The Balaban J connectivity index is 2.27. The van der Waals surface area contributed by atoms with Crippen molar-refractivity contribution >= 4 is 17.0 Å². The van der Waals surface area contributed by atoms with Crippen molar-refractivity contribution in [1.29, 1.82) is 0 Å². The van der Waals surface area contributed by atoms with Crippen LogP contribution in [-0.4, -0.2) is 27.3 Å². The third kappa shape index (κ3) is 2.41. The zero-order chi connectivity index (χ0) is 16.6. The largest absolute Gasteiger partial charge is 0.461 e. The van der Waals surface area contributed by atoms with Crippen LogP contribution in [0, 0.1) is 17.5 Å². The molecule has 23 heavy (non-hydrogen) atoms. The van der Waals surface area contributed by atoms with Crippen LogP contribution >= 0.6 is 0 Å². The number of hydrogen-bond donors (Lipinski definition) is 0. The minimum absolute atomic E-state index is 0.0842. The summed E-state index contributed by atoms with van der Waals surface area (Å²) in [5.74, 6) is -5.08. The number of hydrogen-bond acceptors (Lipinski definition) is 4. The van der Waals surface area contributed by atoms with E-state index in [2.05, 4.69) is 10.1 Å². The number of benzene rings is 1. The molecule has 2 aromatic heterocycles. The van der Waals surface area contributed by atoms with E-state index in [1.165, 1.54) is 6.20 Å². The van der Waals surface area contributed by atoms with Gasteiger partial charge < -0.3 is 4.74 Å². The van der Waals surface area contributed by atoms with E-state index in [-0.39, 0.29) is 23.6 Å². The second kappa shape index (κ2) is 5.71. The average Bonchev–Trinajstić information content (AvgIpc) is 2.93. The molecule has 1 aromatic carbocycles. The van der Waals surface area contributed by atoms with E-state index in [9.17, 15) is 18.0 Å². The number of aromatic nitrogens is 3. The first-order valence-electron chi connectivity index (χ1n) is 6.69. The molecule has 0 saturated heterocycles. The molecule has 3 rings (SSSR count). The number of pyridine rings is 1. The molecule has 118 valence electrons. The first-order chi connectivity index (χ1) is 11.0. The highest BCUT2D eigenvalue weighted by Crippen LogP contribution is 2.24. The lowest BCUT2D eigenvalue weighted by Gasteiger charge is -2.05. The maximum atomic E-state index is 14.0. The van der Waals surface area contributed by atoms with Crippen molar-refractivity contribution in [3.8, 4) is 5.69 Å². The summed E-state index contributed by atoms with van der Waals surface area (Å²) in [4.78, 5) is 16.0. The highest BCUT2D eigenvalue weighted by atomic mass is 19.2. The lowest BCUT2D eigenvalue weighted by Crippen LogP contribution is -2.08. The second-order valence-electron chi connectivity index (χ2n) is 4.55. The van der Waals surface area contributed by atoms with Crippen molar-refractivity contribution in [1.82, 2.24) is 14.8 Å². The van der Waals surface area contributed by atoms with Crippen LogP contribution in [0.1, 0.15) is 17.4 Å². The number of ether oxygens (including phenoxy) is 1. The number of nitrogens with zero attached hydrogens (tertiary/aromatic N) is 3. The SMILES string of the molecule is CCOC(=O)c1nn(-c2ccc(F)c(F)c2F)c2ncccc12.